The topological polar surface area (TPSA) is 67.4 Å². The summed E-state index contributed by atoms with van der Waals surface area (Å²) in [4.78, 5) is 17.0. The zero-order chi connectivity index (χ0) is 14.9. The van der Waals surface area contributed by atoms with Crippen LogP contribution in [-0.2, 0) is 7.05 Å². The molecule has 1 unspecified atom stereocenters. The van der Waals surface area contributed by atoms with E-state index in [0.29, 0.717) is 23.8 Å². The highest BCUT2D eigenvalue weighted by Crippen LogP contribution is 2.11. The number of carbonyl (C=O) groups excluding carboxylic acids is 1. The number of rotatable bonds is 3. The SMILES string of the molecule is Cc1cc(C(=O)N2CCN(C(C)C(N)=S)CC2)n(C)n1. The molecule has 1 aliphatic rings. The van der Waals surface area contributed by atoms with Gasteiger partial charge in [-0.3, -0.25) is 14.4 Å². The molecule has 0 radical (unpaired) electrons. The maximum Gasteiger partial charge on any atom is 0.272 e. The molecule has 1 atom stereocenters. The number of hydrogen-bond donors (Lipinski definition) is 1. The molecule has 1 saturated heterocycles. The van der Waals surface area contributed by atoms with Crippen molar-refractivity contribution in [1.29, 1.82) is 0 Å². The Balaban J connectivity index is 1.99. The van der Waals surface area contributed by atoms with Crippen LogP contribution < -0.4 is 5.73 Å². The highest BCUT2D eigenvalue weighted by Gasteiger charge is 2.27. The third-order valence-corrected chi connectivity index (χ3v) is 4.12. The van der Waals surface area contributed by atoms with Gasteiger partial charge in [0.25, 0.3) is 5.91 Å². The number of hydrogen-bond acceptors (Lipinski definition) is 4. The Labute approximate surface area is 124 Å². The summed E-state index contributed by atoms with van der Waals surface area (Å²) in [6.07, 6.45) is 0. The Bertz CT molecular complexity index is 519. The zero-order valence-electron chi connectivity index (χ0n) is 12.2. The lowest BCUT2D eigenvalue weighted by atomic mass is 10.2. The number of nitrogens with zero attached hydrogens (tertiary/aromatic N) is 4. The number of thiocarbonyl (C=S) groups is 1. The second-order valence-corrected chi connectivity index (χ2v) is 5.67. The highest BCUT2D eigenvalue weighted by molar-refractivity contribution is 7.80. The molecule has 2 rings (SSSR count). The van der Waals surface area contributed by atoms with Gasteiger partial charge in [0.2, 0.25) is 0 Å². The quantitative estimate of drug-likeness (QED) is 0.805. The van der Waals surface area contributed by atoms with Gasteiger partial charge in [0.05, 0.1) is 16.7 Å². The molecule has 1 aliphatic heterocycles. The van der Waals surface area contributed by atoms with E-state index in [4.69, 9.17) is 18.0 Å². The minimum absolute atomic E-state index is 0.0377. The summed E-state index contributed by atoms with van der Waals surface area (Å²) in [5, 5.41) is 4.22. The average molecular weight is 295 g/mol. The van der Waals surface area contributed by atoms with E-state index in [2.05, 4.69) is 10.00 Å². The lowest BCUT2D eigenvalue weighted by Gasteiger charge is -2.37. The first kappa shape index (κ1) is 14.9. The monoisotopic (exact) mass is 295 g/mol. The zero-order valence-corrected chi connectivity index (χ0v) is 13.0. The standard InChI is InChI=1S/C13H21N5OS/c1-9-8-11(16(3)15-9)13(19)18-6-4-17(5-7-18)10(2)12(14)20/h8,10H,4-7H2,1-3H3,(H2,14,20). The van der Waals surface area contributed by atoms with Gasteiger partial charge in [-0.2, -0.15) is 5.10 Å². The van der Waals surface area contributed by atoms with Gasteiger partial charge in [-0.15, -0.1) is 0 Å². The molecular formula is C13H21N5OS. The minimum Gasteiger partial charge on any atom is -0.392 e. The van der Waals surface area contributed by atoms with Crippen molar-refractivity contribution in [1.82, 2.24) is 19.6 Å². The number of aromatic nitrogens is 2. The van der Waals surface area contributed by atoms with Crippen LogP contribution in [0, 0.1) is 6.92 Å². The van der Waals surface area contributed by atoms with Crippen molar-refractivity contribution in [3.63, 3.8) is 0 Å². The molecule has 2 N–H and O–H groups in total. The fourth-order valence-corrected chi connectivity index (χ4v) is 2.61. The second-order valence-electron chi connectivity index (χ2n) is 5.20. The summed E-state index contributed by atoms with van der Waals surface area (Å²) < 4.78 is 1.64. The van der Waals surface area contributed by atoms with Gasteiger partial charge in [-0.1, -0.05) is 12.2 Å². The molecule has 0 spiro atoms. The van der Waals surface area contributed by atoms with Crippen LogP contribution in [0.3, 0.4) is 0 Å². The summed E-state index contributed by atoms with van der Waals surface area (Å²) in [5.41, 5.74) is 7.17. The van der Waals surface area contributed by atoms with E-state index >= 15 is 0 Å². The third-order valence-electron chi connectivity index (χ3n) is 3.78. The third kappa shape index (κ3) is 2.99. The van der Waals surface area contributed by atoms with Gasteiger partial charge in [0, 0.05) is 33.2 Å². The van der Waals surface area contributed by atoms with E-state index in [0.717, 1.165) is 18.8 Å². The first-order valence-electron chi connectivity index (χ1n) is 6.73. The molecule has 7 heteroatoms. The average Bonchev–Trinajstić information content (AvgIpc) is 2.76. The molecule has 1 aromatic rings. The normalized spacial score (nSPS) is 18.1. The van der Waals surface area contributed by atoms with Gasteiger partial charge < -0.3 is 10.6 Å². The predicted octanol–water partition coefficient (Wildman–Crippen LogP) is 0.161. The van der Waals surface area contributed by atoms with E-state index in [-0.39, 0.29) is 11.9 Å². The molecule has 0 aliphatic carbocycles. The van der Waals surface area contributed by atoms with Crippen LogP contribution in [0.15, 0.2) is 6.07 Å². The number of amides is 1. The van der Waals surface area contributed by atoms with Crippen LogP contribution >= 0.6 is 12.2 Å². The minimum atomic E-state index is 0.0377. The Morgan fingerprint density at radius 2 is 2.00 bits per heavy atom. The van der Waals surface area contributed by atoms with Crippen molar-refractivity contribution in [3.8, 4) is 0 Å². The molecule has 1 aromatic heterocycles. The van der Waals surface area contributed by atoms with E-state index in [1.54, 1.807) is 11.7 Å². The van der Waals surface area contributed by atoms with Crippen molar-refractivity contribution in [2.45, 2.75) is 19.9 Å². The Hall–Kier alpha value is -1.47. The molecule has 6 nitrogen and oxygen atoms in total. The molecule has 1 fully saturated rings. The van der Waals surface area contributed by atoms with Crippen molar-refractivity contribution in [2.75, 3.05) is 26.2 Å². The Morgan fingerprint density at radius 1 is 1.40 bits per heavy atom. The van der Waals surface area contributed by atoms with Crippen molar-refractivity contribution >= 4 is 23.1 Å². The molecule has 110 valence electrons. The predicted molar refractivity (Wildman–Crippen MR) is 81.7 cm³/mol. The summed E-state index contributed by atoms with van der Waals surface area (Å²) >= 11 is 5.02. The lowest BCUT2D eigenvalue weighted by molar-refractivity contribution is 0.0611. The van der Waals surface area contributed by atoms with Gasteiger partial charge in [-0.25, -0.2) is 0 Å². The first-order valence-corrected chi connectivity index (χ1v) is 7.14. The molecule has 1 amide bonds. The number of aryl methyl sites for hydroxylation is 2. The maximum atomic E-state index is 12.4. The van der Waals surface area contributed by atoms with Crippen molar-refractivity contribution in [2.24, 2.45) is 12.8 Å². The Morgan fingerprint density at radius 3 is 2.45 bits per heavy atom. The maximum absolute atomic E-state index is 12.4. The molecule has 0 bridgehead atoms. The fourth-order valence-electron chi connectivity index (χ4n) is 2.47. The van der Waals surface area contributed by atoms with Crippen LogP contribution in [-0.4, -0.2) is 62.7 Å². The van der Waals surface area contributed by atoms with E-state index in [9.17, 15) is 4.79 Å². The number of piperazine rings is 1. The van der Waals surface area contributed by atoms with Gasteiger partial charge >= 0.3 is 0 Å². The highest BCUT2D eigenvalue weighted by atomic mass is 32.1. The molecule has 20 heavy (non-hydrogen) atoms. The van der Waals surface area contributed by atoms with Crippen LogP contribution in [0.5, 0.6) is 0 Å². The molecule has 0 aromatic carbocycles. The lowest BCUT2D eigenvalue weighted by Crippen LogP contribution is -2.54. The van der Waals surface area contributed by atoms with Crippen LogP contribution in [0.1, 0.15) is 23.1 Å². The molecule has 0 saturated carbocycles. The summed E-state index contributed by atoms with van der Waals surface area (Å²) in [6.45, 7) is 6.86. The first-order chi connectivity index (χ1) is 9.40. The smallest absolute Gasteiger partial charge is 0.272 e. The fraction of sp³-hybridized carbons (Fsp3) is 0.615. The van der Waals surface area contributed by atoms with Gasteiger partial charge in [-0.05, 0) is 19.9 Å². The van der Waals surface area contributed by atoms with Gasteiger partial charge in [0.1, 0.15) is 5.69 Å². The number of carbonyl (C=O) groups is 1. The Kier molecular flexibility index (Phi) is 4.39. The van der Waals surface area contributed by atoms with Crippen LogP contribution in [0.4, 0.5) is 0 Å². The van der Waals surface area contributed by atoms with E-state index < -0.39 is 0 Å². The molecular weight excluding hydrogens is 274 g/mol. The van der Waals surface area contributed by atoms with E-state index in [1.165, 1.54) is 0 Å². The van der Waals surface area contributed by atoms with Gasteiger partial charge in [0.15, 0.2) is 0 Å². The summed E-state index contributed by atoms with van der Waals surface area (Å²) in [5.74, 6) is 0.0377. The van der Waals surface area contributed by atoms with Crippen LogP contribution in [0.2, 0.25) is 0 Å². The van der Waals surface area contributed by atoms with E-state index in [1.807, 2.05) is 24.8 Å². The number of nitrogens with two attached hydrogens (primary N) is 1. The van der Waals surface area contributed by atoms with Crippen molar-refractivity contribution in [3.05, 3.63) is 17.5 Å². The second kappa shape index (κ2) is 5.88. The molecule has 2 heterocycles. The largest absolute Gasteiger partial charge is 0.392 e. The summed E-state index contributed by atoms with van der Waals surface area (Å²) in [7, 11) is 1.80. The van der Waals surface area contributed by atoms with Crippen LogP contribution in [0.25, 0.3) is 0 Å². The summed E-state index contributed by atoms with van der Waals surface area (Å²) in [6, 6.07) is 1.91. The van der Waals surface area contributed by atoms with Crippen molar-refractivity contribution < 1.29 is 4.79 Å².